The quantitative estimate of drug-likeness (QED) is 0.153. The van der Waals surface area contributed by atoms with E-state index in [0.717, 1.165) is 26.0 Å². The van der Waals surface area contributed by atoms with Gasteiger partial charge < -0.3 is 44.3 Å². The van der Waals surface area contributed by atoms with Crippen molar-refractivity contribution >= 4 is 35.6 Å². The van der Waals surface area contributed by atoms with Crippen molar-refractivity contribution in [3.63, 3.8) is 0 Å². The average molecular weight is 850 g/mol. The number of allylic oxidation sites excluding steroid dienone is 1. The monoisotopic (exact) mass is 849 g/mol. The Morgan fingerprint density at radius 1 is 0.918 bits per heavy atom. The molecular formula is C45H52FNO14. The minimum absolute atomic E-state index is 0.0274. The summed E-state index contributed by atoms with van der Waals surface area (Å²) in [5, 5.41) is 39.7. The van der Waals surface area contributed by atoms with Gasteiger partial charge in [-0.2, -0.15) is 0 Å². The molecule has 3 aliphatic carbocycles. The number of aliphatic hydroxyl groups excluding tert-OH is 2. The maximum absolute atomic E-state index is 15.4. The molecule has 0 unspecified atom stereocenters. The molecule has 1 amide bonds. The number of benzene rings is 2. The zero-order valence-electron chi connectivity index (χ0n) is 35.2. The van der Waals surface area contributed by atoms with Crippen molar-refractivity contribution in [3.05, 3.63) is 94.3 Å². The van der Waals surface area contributed by atoms with Gasteiger partial charge in [0.05, 0.1) is 35.6 Å². The predicted molar refractivity (Wildman–Crippen MR) is 212 cm³/mol. The van der Waals surface area contributed by atoms with Gasteiger partial charge in [0.15, 0.2) is 23.6 Å². The minimum Gasteiger partial charge on any atom is -0.456 e. The summed E-state index contributed by atoms with van der Waals surface area (Å²) in [6.45, 7) is 11.2. The topological polar surface area (TPSA) is 221 Å². The van der Waals surface area contributed by atoms with Crippen LogP contribution in [0.25, 0.3) is 0 Å². The molecule has 6 rings (SSSR count). The fraction of sp³-hybridized carbons (Fsp3) is 0.511. The number of nitrogens with one attached hydrogen (secondary N) is 1. The van der Waals surface area contributed by atoms with Crippen LogP contribution in [0.15, 0.2) is 77.4 Å². The second kappa shape index (κ2) is 16.5. The van der Waals surface area contributed by atoms with Gasteiger partial charge >= 0.3 is 23.9 Å². The first kappa shape index (κ1) is 45.2. The van der Waals surface area contributed by atoms with E-state index in [4.69, 9.17) is 23.7 Å². The summed E-state index contributed by atoms with van der Waals surface area (Å²) in [5.41, 5.74) is -7.14. The molecule has 2 aromatic rings. The molecule has 11 atom stereocenters. The van der Waals surface area contributed by atoms with Gasteiger partial charge in [0.2, 0.25) is 0 Å². The number of halogens is 1. The molecule has 2 saturated carbocycles. The third-order valence-electron chi connectivity index (χ3n) is 12.9. The zero-order chi connectivity index (χ0) is 45.0. The van der Waals surface area contributed by atoms with Crippen LogP contribution in [0, 0.1) is 22.6 Å². The fourth-order valence-electron chi connectivity index (χ4n) is 9.78. The highest BCUT2D eigenvalue weighted by molar-refractivity contribution is 5.96. The van der Waals surface area contributed by atoms with E-state index in [2.05, 4.69) is 5.32 Å². The molecule has 15 nitrogen and oxygen atoms in total. The first-order chi connectivity index (χ1) is 28.5. The standard InChI is InChI=1S/C45H52FNO14/c1-22(2)18-29(47-39(53)26-14-16-28(46)17-15-26)34(51)41(55)59-30-20-45(56)38(60-40(54)27-12-10-9-11-13-27)36-43(8,31(50)19-32-44(36,21-57-32)61-25(5)49)37(52)35(58-24(4)48)33(23(30)3)42(45,6)7/h9-18,29-32,34-36,38,50-51,56H,19-21H2,1-8H3,(H,47,53)/t29-,30-,31-,32+,34+,35+,36-,38-,43+,44-,45+/m0/s1. The molecule has 1 saturated heterocycles. The Balaban J connectivity index is 1.52. The van der Waals surface area contributed by atoms with Gasteiger partial charge in [-0.25, -0.2) is 14.0 Å². The molecule has 0 radical (unpaired) electrons. The van der Waals surface area contributed by atoms with Crippen molar-refractivity contribution in [1.82, 2.24) is 5.32 Å². The predicted octanol–water partition coefficient (Wildman–Crippen LogP) is 3.47. The lowest BCUT2D eigenvalue weighted by Gasteiger charge is -2.67. The molecule has 0 spiro atoms. The smallest absolute Gasteiger partial charge is 0.338 e. The number of hydrogen-bond donors (Lipinski definition) is 4. The number of aliphatic hydroxyl groups is 3. The number of carbonyl (C=O) groups is 6. The summed E-state index contributed by atoms with van der Waals surface area (Å²) in [4.78, 5) is 82.8. The van der Waals surface area contributed by atoms with Crippen molar-refractivity contribution in [2.75, 3.05) is 6.61 Å². The van der Waals surface area contributed by atoms with Crippen LogP contribution in [0.1, 0.15) is 88.9 Å². The number of carbonyl (C=O) groups excluding carboxylic acids is 6. The van der Waals surface area contributed by atoms with E-state index in [9.17, 15) is 43.7 Å². The third kappa shape index (κ3) is 7.79. The molecule has 2 bridgehead atoms. The van der Waals surface area contributed by atoms with Crippen LogP contribution in [0.4, 0.5) is 4.39 Å². The zero-order valence-corrected chi connectivity index (χ0v) is 35.2. The van der Waals surface area contributed by atoms with Crippen LogP contribution >= 0.6 is 0 Å². The van der Waals surface area contributed by atoms with Crippen LogP contribution < -0.4 is 5.32 Å². The summed E-state index contributed by atoms with van der Waals surface area (Å²) in [6.07, 6.45) is -9.25. The second-order valence-electron chi connectivity index (χ2n) is 17.4. The van der Waals surface area contributed by atoms with Gasteiger partial charge in [-0.15, -0.1) is 0 Å². The number of ether oxygens (including phenoxy) is 5. The highest BCUT2D eigenvalue weighted by Gasteiger charge is 2.78. The van der Waals surface area contributed by atoms with E-state index in [1.165, 1.54) is 58.0 Å². The first-order valence-corrected chi connectivity index (χ1v) is 20.0. The second-order valence-corrected chi connectivity index (χ2v) is 17.4. The molecule has 4 aliphatic rings. The Labute approximate surface area is 352 Å². The lowest BCUT2D eigenvalue weighted by molar-refractivity contribution is -0.346. The normalized spacial score (nSPS) is 32.2. The van der Waals surface area contributed by atoms with Gasteiger partial charge in [-0.1, -0.05) is 43.7 Å². The van der Waals surface area contributed by atoms with Crippen LogP contribution in [0.5, 0.6) is 0 Å². The third-order valence-corrected chi connectivity index (χ3v) is 12.9. The molecular weight excluding hydrogens is 797 g/mol. The largest absolute Gasteiger partial charge is 0.456 e. The molecule has 0 aromatic heterocycles. The SMILES string of the molecule is CC(=O)O[C@H]1C(=O)[C@@]2(C)[C@H]([C@H](OC(=O)c3ccccc3)[C@]3(O)C[C@H](OC(=O)[C@H](O)[C@H](C=C(C)C)NC(=O)c4ccc(F)cc4)C(C)=C1C3(C)C)[C@]1(OC(C)=O)CO[C@@H]1C[C@@H]2O. The summed E-state index contributed by atoms with van der Waals surface area (Å²) in [7, 11) is 0. The van der Waals surface area contributed by atoms with Gasteiger partial charge in [0.1, 0.15) is 29.7 Å². The molecule has 16 heteroatoms. The van der Waals surface area contributed by atoms with Crippen LogP contribution in [-0.4, -0.2) is 111 Å². The summed E-state index contributed by atoms with van der Waals surface area (Å²) >= 11 is 0. The molecule has 1 heterocycles. The number of amides is 1. The van der Waals surface area contributed by atoms with Crippen molar-refractivity contribution < 1.29 is 72.2 Å². The van der Waals surface area contributed by atoms with E-state index in [0.29, 0.717) is 5.57 Å². The fourth-order valence-corrected chi connectivity index (χ4v) is 9.78. The van der Waals surface area contributed by atoms with Crippen molar-refractivity contribution in [3.8, 4) is 0 Å². The lowest BCUT2D eigenvalue weighted by Crippen LogP contribution is -2.82. The van der Waals surface area contributed by atoms with E-state index >= 15 is 4.79 Å². The van der Waals surface area contributed by atoms with E-state index in [-0.39, 0.29) is 35.3 Å². The summed E-state index contributed by atoms with van der Waals surface area (Å²) in [6, 6.07) is 11.0. The Hall–Kier alpha value is -5.29. The number of Topliss-reactive ketones (excluding diaryl/α,β-unsaturated/α-hetero) is 1. The number of rotatable bonds is 10. The number of esters is 4. The highest BCUT2D eigenvalue weighted by Crippen LogP contribution is 2.64. The van der Waals surface area contributed by atoms with E-state index < -0.39 is 118 Å². The summed E-state index contributed by atoms with van der Waals surface area (Å²) in [5.74, 6) is -7.70. The van der Waals surface area contributed by atoms with Crippen LogP contribution in [-0.2, 0) is 42.9 Å². The van der Waals surface area contributed by atoms with Crippen molar-refractivity contribution in [1.29, 1.82) is 0 Å². The van der Waals surface area contributed by atoms with Gasteiger partial charge in [0, 0.05) is 37.7 Å². The van der Waals surface area contributed by atoms with Crippen LogP contribution in [0.2, 0.25) is 0 Å². The first-order valence-electron chi connectivity index (χ1n) is 20.0. The molecule has 2 aromatic carbocycles. The molecule has 328 valence electrons. The van der Waals surface area contributed by atoms with Crippen molar-refractivity contribution in [2.24, 2.45) is 16.7 Å². The number of fused-ring (bicyclic) bond motifs is 5. The van der Waals surface area contributed by atoms with Gasteiger partial charge in [-0.3, -0.25) is 19.2 Å². The lowest BCUT2D eigenvalue weighted by atomic mass is 9.44. The van der Waals surface area contributed by atoms with Crippen molar-refractivity contribution in [2.45, 2.75) is 122 Å². The minimum atomic E-state index is -2.41. The molecule has 61 heavy (non-hydrogen) atoms. The maximum atomic E-state index is 15.4. The highest BCUT2D eigenvalue weighted by atomic mass is 19.1. The Morgan fingerprint density at radius 3 is 2.11 bits per heavy atom. The van der Waals surface area contributed by atoms with Crippen LogP contribution in [0.3, 0.4) is 0 Å². The average Bonchev–Trinajstić information content (AvgIpc) is 3.18. The Morgan fingerprint density at radius 2 is 1.56 bits per heavy atom. The number of ketones is 1. The summed E-state index contributed by atoms with van der Waals surface area (Å²) < 4.78 is 43.7. The van der Waals surface area contributed by atoms with E-state index in [1.807, 2.05) is 0 Å². The molecule has 3 fully saturated rings. The van der Waals surface area contributed by atoms with Gasteiger partial charge in [-0.05, 0) is 75.2 Å². The van der Waals surface area contributed by atoms with E-state index in [1.54, 1.807) is 32.0 Å². The Bertz CT molecular complexity index is 2170. The molecule has 1 aliphatic heterocycles. The Kier molecular flexibility index (Phi) is 12.3. The van der Waals surface area contributed by atoms with Gasteiger partial charge in [0.25, 0.3) is 5.91 Å². The number of hydrogen-bond acceptors (Lipinski definition) is 14. The molecule has 4 N–H and O–H groups in total. The maximum Gasteiger partial charge on any atom is 0.338 e.